The number of aliphatic imine (C=N–C) groups is 1. The van der Waals surface area contributed by atoms with Gasteiger partial charge in [0, 0.05) is 18.3 Å². The topological polar surface area (TPSA) is 17.3 Å². The molecule has 2 heteroatoms. The fourth-order valence-electron chi connectivity index (χ4n) is 2.20. The highest BCUT2D eigenvalue weighted by atomic mass is 15.0. The van der Waals surface area contributed by atoms with E-state index in [4.69, 9.17) is 0 Å². The molecule has 1 aliphatic rings. The highest BCUT2D eigenvalue weighted by molar-refractivity contribution is 5.99. The Kier molecular flexibility index (Phi) is 2.13. The van der Waals surface area contributed by atoms with Gasteiger partial charge in [0.15, 0.2) is 0 Å². The van der Waals surface area contributed by atoms with E-state index in [0.717, 1.165) is 18.8 Å². The second kappa shape index (κ2) is 3.63. The summed E-state index contributed by atoms with van der Waals surface area (Å²) in [7, 11) is 0. The number of hydrogen-bond donors (Lipinski definition) is 0. The first-order valence-electron chi connectivity index (χ1n) is 5.61. The van der Waals surface area contributed by atoms with Gasteiger partial charge in [-0.15, -0.1) is 0 Å². The largest absolute Gasteiger partial charge is 0.344 e. The van der Waals surface area contributed by atoms with Gasteiger partial charge in [0.05, 0.1) is 18.0 Å². The maximum atomic E-state index is 4.47. The van der Waals surface area contributed by atoms with Crippen molar-refractivity contribution >= 4 is 5.71 Å². The van der Waals surface area contributed by atoms with Crippen molar-refractivity contribution in [1.82, 2.24) is 4.57 Å². The molecule has 0 spiro atoms. The lowest BCUT2D eigenvalue weighted by Gasteiger charge is -2.12. The molecule has 0 amide bonds. The van der Waals surface area contributed by atoms with Crippen LogP contribution in [0.5, 0.6) is 0 Å². The first-order valence-corrected chi connectivity index (χ1v) is 5.61. The molecule has 0 bridgehead atoms. The lowest BCUT2D eigenvalue weighted by atomic mass is 10.1. The maximum Gasteiger partial charge on any atom is 0.0624 e. The van der Waals surface area contributed by atoms with Crippen LogP contribution in [0.25, 0.3) is 11.1 Å². The van der Waals surface area contributed by atoms with E-state index < -0.39 is 0 Å². The highest BCUT2D eigenvalue weighted by Gasteiger charge is 2.12. The summed E-state index contributed by atoms with van der Waals surface area (Å²) in [4.78, 5) is 4.47. The Bertz CT molecular complexity index is 535. The van der Waals surface area contributed by atoms with Gasteiger partial charge >= 0.3 is 0 Å². The smallest absolute Gasteiger partial charge is 0.0624 e. The quantitative estimate of drug-likeness (QED) is 0.688. The van der Waals surface area contributed by atoms with E-state index in [9.17, 15) is 0 Å². The lowest BCUT2D eigenvalue weighted by molar-refractivity contribution is 0.689. The van der Waals surface area contributed by atoms with Crippen LogP contribution in [0, 0.1) is 0 Å². The number of rotatable bonds is 1. The molecule has 0 aliphatic carbocycles. The molecular weight excluding hydrogens is 196 g/mol. The van der Waals surface area contributed by atoms with Crippen LogP contribution in [0.15, 0.2) is 47.6 Å². The molecule has 2 nitrogen and oxygen atoms in total. The molecule has 2 heterocycles. The van der Waals surface area contributed by atoms with Crippen LogP contribution in [0.3, 0.4) is 0 Å². The molecule has 0 saturated heterocycles. The molecule has 0 N–H and O–H groups in total. The van der Waals surface area contributed by atoms with Gasteiger partial charge in [-0.05, 0) is 18.6 Å². The number of hydrogen-bond acceptors (Lipinski definition) is 1. The van der Waals surface area contributed by atoms with Crippen molar-refractivity contribution in [3.63, 3.8) is 0 Å². The van der Waals surface area contributed by atoms with Crippen LogP contribution in [-0.2, 0) is 6.54 Å². The van der Waals surface area contributed by atoms with Gasteiger partial charge in [0.25, 0.3) is 0 Å². The normalized spacial score (nSPS) is 14.4. The first kappa shape index (κ1) is 9.40. The molecule has 1 aliphatic heterocycles. The number of benzene rings is 1. The first-order chi connectivity index (χ1) is 7.84. The number of fused-ring (bicyclic) bond motifs is 1. The molecule has 1 aromatic carbocycles. The molecule has 80 valence electrons. The summed E-state index contributed by atoms with van der Waals surface area (Å²) >= 11 is 0. The molecular formula is C14H14N2. The lowest BCUT2D eigenvalue weighted by Crippen LogP contribution is -2.14. The zero-order valence-corrected chi connectivity index (χ0v) is 9.35. The standard InChI is InChI=1S/C14H14N2/c1-11-14-9-13(10-16(14)8-7-15-11)12-5-3-2-4-6-12/h2-6,9-10H,7-8H2,1H3. The average Bonchev–Trinajstić information content (AvgIpc) is 2.76. The minimum atomic E-state index is 0.905. The molecule has 0 fully saturated rings. The SMILES string of the molecule is CC1=NCCn2cc(-c3ccccc3)cc21. The molecule has 2 aromatic rings. The van der Waals surface area contributed by atoms with Crippen LogP contribution in [0.1, 0.15) is 12.6 Å². The Balaban J connectivity index is 2.09. The Morgan fingerprint density at radius 1 is 1.12 bits per heavy atom. The van der Waals surface area contributed by atoms with Gasteiger partial charge in [-0.2, -0.15) is 0 Å². The minimum absolute atomic E-state index is 0.905. The molecule has 0 unspecified atom stereocenters. The van der Waals surface area contributed by atoms with Crippen molar-refractivity contribution in [2.24, 2.45) is 4.99 Å². The predicted molar refractivity (Wildman–Crippen MR) is 66.9 cm³/mol. The van der Waals surface area contributed by atoms with Crippen molar-refractivity contribution in [2.45, 2.75) is 13.5 Å². The second-order valence-electron chi connectivity index (χ2n) is 4.14. The Labute approximate surface area is 95.3 Å². The molecule has 3 rings (SSSR count). The van der Waals surface area contributed by atoms with Gasteiger partial charge in [0.2, 0.25) is 0 Å². The Morgan fingerprint density at radius 3 is 2.69 bits per heavy atom. The van der Waals surface area contributed by atoms with Gasteiger partial charge in [-0.1, -0.05) is 30.3 Å². The third-order valence-corrected chi connectivity index (χ3v) is 3.06. The summed E-state index contributed by atoms with van der Waals surface area (Å²) in [5, 5.41) is 0. The summed E-state index contributed by atoms with van der Waals surface area (Å²) in [6, 6.07) is 12.7. The van der Waals surface area contributed by atoms with E-state index in [-0.39, 0.29) is 0 Å². The number of aromatic nitrogens is 1. The average molecular weight is 210 g/mol. The van der Waals surface area contributed by atoms with Crippen LogP contribution in [0.2, 0.25) is 0 Å². The van der Waals surface area contributed by atoms with Crippen LogP contribution in [-0.4, -0.2) is 16.8 Å². The maximum absolute atomic E-state index is 4.47. The fraction of sp³-hybridized carbons (Fsp3) is 0.214. The predicted octanol–water partition coefficient (Wildman–Crippen LogP) is 2.98. The monoisotopic (exact) mass is 210 g/mol. The molecule has 0 saturated carbocycles. The summed E-state index contributed by atoms with van der Waals surface area (Å²) in [5.41, 5.74) is 4.96. The van der Waals surface area contributed by atoms with Crippen molar-refractivity contribution < 1.29 is 0 Å². The van der Waals surface area contributed by atoms with E-state index in [1.807, 2.05) is 6.07 Å². The van der Waals surface area contributed by atoms with Crippen molar-refractivity contribution in [3.05, 3.63) is 48.3 Å². The van der Waals surface area contributed by atoms with Crippen LogP contribution >= 0.6 is 0 Å². The van der Waals surface area contributed by atoms with Crippen molar-refractivity contribution in [1.29, 1.82) is 0 Å². The van der Waals surface area contributed by atoms with Crippen LogP contribution < -0.4 is 0 Å². The van der Waals surface area contributed by atoms with E-state index in [0.29, 0.717) is 0 Å². The molecule has 0 radical (unpaired) electrons. The molecule has 16 heavy (non-hydrogen) atoms. The third kappa shape index (κ3) is 1.47. The van der Waals surface area contributed by atoms with E-state index >= 15 is 0 Å². The zero-order chi connectivity index (χ0) is 11.0. The van der Waals surface area contributed by atoms with Crippen molar-refractivity contribution in [2.75, 3.05) is 6.54 Å². The fourth-order valence-corrected chi connectivity index (χ4v) is 2.20. The molecule has 0 atom stereocenters. The minimum Gasteiger partial charge on any atom is -0.344 e. The Hall–Kier alpha value is -1.83. The second-order valence-corrected chi connectivity index (χ2v) is 4.14. The van der Waals surface area contributed by atoms with Gasteiger partial charge in [-0.3, -0.25) is 4.99 Å². The van der Waals surface area contributed by atoms with Crippen molar-refractivity contribution in [3.8, 4) is 11.1 Å². The summed E-state index contributed by atoms with van der Waals surface area (Å²) < 4.78 is 2.30. The van der Waals surface area contributed by atoms with E-state index in [1.54, 1.807) is 0 Å². The van der Waals surface area contributed by atoms with Gasteiger partial charge in [0.1, 0.15) is 0 Å². The Morgan fingerprint density at radius 2 is 1.94 bits per heavy atom. The van der Waals surface area contributed by atoms with E-state index in [1.165, 1.54) is 16.8 Å². The van der Waals surface area contributed by atoms with E-state index in [2.05, 4.69) is 53.0 Å². The zero-order valence-electron chi connectivity index (χ0n) is 9.35. The third-order valence-electron chi connectivity index (χ3n) is 3.06. The highest BCUT2D eigenvalue weighted by Crippen LogP contribution is 2.23. The molecule has 1 aromatic heterocycles. The van der Waals surface area contributed by atoms with Gasteiger partial charge in [-0.25, -0.2) is 0 Å². The summed E-state index contributed by atoms with van der Waals surface area (Å²) in [6.07, 6.45) is 2.23. The summed E-state index contributed by atoms with van der Waals surface area (Å²) in [5.74, 6) is 0. The number of nitrogens with zero attached hydrogens (tertiary/aromatic N) is 2. The summed E-state index contributed by atoms with van der Waals surface area (Å²) in [6.45, 7) is 3.99. The van der Waals surface area contributed by atoms with Gasteiger partial charge < -0.3 is 4.57 Å². The van der Waals surface area contributed by atoms with Crippen LogP contribution in [0.4, 0.5) is 0 Å².